The maximum absolute atomic E-state index is 12.4. The number of nitrogens with two attached hydrogens (primary N) is 1. The molecule has 0 heterocycles. The fourth-order valence-electron chi connectivity index (χ4n) is 3.06. The zero-order valence-electron chi connectivity index (χ0n) is 11.6. The highest BCUT2D eigenvalue weighted by Crippen LogP contribution is 2.43. The van der Waals surface area contributed by atoms with Crippen molar-refractivity contribution in [3.63, 3.8) is 0 Å². The summed E-state index contributed by atoms with van der Waals surface area (Å²) in [6.07, 6.45) is 6.41. The first-order valence-corrected chi connectivity index (χ1v) is 7.01. The number of carbonyl (C=O) groups excluding carboxylic acids is 1. The van der Waals surface area contributed by atoms with Crippen molar-refractivity contribution in [3.8, 4) is 0 Å². The first-order chi connectivity index (χ1) is 8.00. The number of amides is 1. The van der Waals surface area contributed by atoms with E-state index in [4.69, 9.17) is 5.73 Å². The normalized spacial score (nSPS) is 20.5. The van der Waals surface area contributed by atoms with Crippen molar-refractivity contribution in [2.24, 2.45) is 17.1 Å². The Morgan fingerprint density at radius 3 is 2.35 bits per heavy atom. The Labute approximate surface area is 106 Å². The molecule has 1 rings (SSSR count). The van der Waals surface area contributed by atoms with Gasteiger partial charge in [0.25, 0.3) is 0 Å². The van der Waals surface area contributed by atoms with Gasteiger partial charge in [0.2, 0.25) is 5.91 Å². The molecule has 1 fully saturated rings. The number of hydrogen-bond acceptors (Lipinski definition) is 2. The summed E-state index contributed by atoms with van der Waals surface area (Å²) in [5.74, 6) is 0.855. The van der Waals surface area contributed by atoms with Crippen LogP contribution in [-0.4, -0.2) is 18.5 Å². The van der Waals surface area contributed by atoms with E-state index in [1.54, 1.807) is 0 Å². The standard InChI is InChI=1S/C14H28N2O/c1-11(2)10-14(7-4-5-8-14)13(17)16-12(3)6-9-15/h11-12H,4-10,15H2,1-3H3,(H,16,17). The molecule has 0 aromatic rings. The van der Waals surface area contributed by atoms with Crippen LogP contribution in [0.25, 0.3) is 0 Å². The van der Waals surface area contributed by atoms with Gasteiger partial charge in [-0.25, -0.2) is 0 Å². The third-order valence-electron chi connectivity index (χ3n) is 3.82. The zero-order chi connectivity index (χ0) is 12.9. The number of nitrogens with one attached hydrogen (secondary N) is 1. The fourth-order valence-corrected chi connectivity index (χ4v) is 3.06. The van der Waals surface area contributed by atoms with E-state index in [0.29, 0.717) is 12.5 Å². The Kier molecular flexibility index (Phi) is 5.44. The molecule has 100 valence electrons. The first-order valence-electron chi connectivity index (χ1n) is 7.01. The maximum Gasteiger partial charge on any atom is 0.226 e. The lowest BCUT2D eigenvalue weighted by Crippen LogP contribution is -2.44. The average Bonchev–Trinajstić information content (AvgIpc) is 2.66. The molecule has 0 aliphatic heterocycles. The van der Waals surface area contributed by atoms with Gasteiger partial charge in [-0.15, -0.1) is 0 Å². The van der Waals surface area contributed by atoms with E-state index in [9.17, 15) is 4.79 Å². The molecule has 0 aromatic carbocycles. The summed E-state index contributed by atoms with van der Waals surface area (Å²) in [5, 5.41) is 3.15. The summed E-state index contributed by atoms with van der Waals surface area (Å²) in [6.45, 7) is 7.09. The third kappa shape index (κ3) is 3.98. The van der Waals surface area contributed by atoms with Gasteiger partial charge in [-0.3, -0.25) is 4.79 Å². The van der Waals surface area contributed by atoms with Gasteiger partial charge >= 0.3 is 0 Å². The van der Waals surface area contributed by atoms with Crippen LogP contribution in [0.3, 0.4) is 0 Å². The Bertz CT molecular complexity index is 245. The lowest BCUT2D eigenvalue weighted by atomic mass is 9.77. The Hall–Kier alpha value is -0.570. The largest absolute Gasteiger partial charge is 0.353 e. The topological polar surface area (TPSA) is 55.1 Å². The molecule has 0 saturated heterocycles. The van der Waals surface area contributed by atoms with Gasteiger partial charge < -0.3 is 11.1 Å². The van der Waals surface area contributed by atoms with Crippen molar-refractivity contribution in [2.45, 2.75) is 65.3 Å². The highest BCUT2D eigenvalue weighted by Gasteiger charge is 2.41. The summed E-state index contributed by atoms with van der Waals surface area (Å²) in [6, 6.07) is 0.206. The second-order valence-corrected chi connectivity index (χ2v) is 6.04. The molecular formula is C14H28N2O. The van der Waals surface area contributed by atoms with Crippen LogP contribution < -0.4 is 11.1 Å². The maximum atomic E-state index is 12.4. The molecule has 3 N–H and O–H groups in total. The second kappa shape index (κ2) is 6.39. The van der Waals surface area contributed by atoms with Crippen LogP contribution in [0, 0.1) is 11.3 Å². The highest BCUT2D eigenvalue weighted by molar-refractivity contribution is 5.83. The van der Waals surface area contributed by atoms with Crippen LogP contribution in [0.1, 0.15) is 59.3 Å². The average molecular weight is 240 g/mol. The second-order valence-electron chi connectivity index (χ2n) is 6.04. The van der Waals surface area contributed by atoms with Gasteiger partial charge in [0.15, 0.2) is 0 Å². The molecule has 0 bridgehead atoms. The van der Waals surface area contributed by atoms with Crippen LogP contribution in [0.5, 0.6) is 0 Å². The monoisotopic (exact) mass is 240 g/mol. The van der Waals surface area contributed by atoms with Crippen LogP contribution in [0.15, 0.2) is 0 Å². The van der Waals surface area contributed by atoms with E-state index >= 15 is 0 Å². The predicted octanol–water partition coefficient (Wildman–Crippen LogP) is 2.45. The van der Waals surface area contributed by atoms with Gasteiger partial charge in [0.05, 0.1) is 0 Å². The van der Waals surface area contributed by atoms with E-state index in [0.717, 1.165) is 25.7 Å². The van der Waals surface area contributed by atoms with Crippen molar-refractivity contribution in [1.29, 1.82) is 0 Å². The quantitative estimate of drug-likeness (QED) is 0.749. The van der Waals surface area contributed by atoms with Crippen LogP contribution >= 0.6 is 0 Å². The van der Waals surface area contributed by atoms with Crippen molar-refractivity contribution in [2.75, 3.05) is 6.54 Å². The van der Waals surface area contributed by atoms with Crippen molar-refractivity contribution in [1.82, 2.24) is 5.32 Å². The van der Waals surface area contributed by atoms with E-state index in [2.05, 4.69) is 19.2 Å². The summed E-state index contributed by atoms with van der Waals surface area (Å²) in [5.41, 5.74) is 5.43. The van der Waals surface area contributed by atoms with Crippen molar-refractivity contribution in [3.05, 3.63) is 0 Å². The van der Waals surface area contributed by atoms with Crippen molar-refractivity contribution < 1.29 is 4.79 Å². The Balaban J connectivity index is 2.60. The molecule has 17 heavy (non-hydrogen) atoms. The Morgan fingerprint density at radius 2 is 1.88 bits per heavy atom. The lowest BCUT2D eigenvalue weighted by molar-refractivity contribution is -0.132. The molecular weight excluding hydrogens is 212 g/mol. The van der Waals surface area contributed by atoms with Crippen LogP contribution in [0.2, 0.25) is 0 Å². The summed E-state index contributed by atoms with van der Waals surface area (Å²) in [4.78, 5) is 12.4. The molecule has 3 nitrogen and oxygen atoms in total. The Morgan fingerprint density at radius 1 is 1.29 bits per heavy atom. The van der Waals surface area contributed by atoms with Gasteiger partial charge in [-0.2, -0.15) is 0 Å². The molecule has 1 aliphatic carbocycles. The van der Waals surface area contributed by atoms with E-state index < -0.39 is 0 Å². The predicted molar refractivity (Wildman–Crippen MR) is 71.6 cm³/mol. The van der Waals surface area contributed by atoms with Gasteiger partial charge in [-0.05, 0) is 45.1 Å². The fraction of sp³-hybridized carbons (Fsp3) is 0.929. The molecule has 1 atom stereocenters. The van der Waals surface area contributed by atoms with Crippen LogP contribution in [0.4, 0.5) is 0 Å². The zero-order valence-corrected chi connectivity index (χ0v) is 11.6. The summed E-state index contributed by atoms with van der Waals surface area (Å²) < 4.78 is 0. The molecule has 1 aliphatic rings. The molecule has 0 radical (unpaired) electrons. The third-order valence-corrected chi connectivity index (χ3v) is 3.82. The van der Waals surface area contributed by atoms with E-state index in [1.165, 1.54) is 12.8 Å². The minimum absolute atomic E-state index is 0.0863. The van der Waals surface area contributed by atoms with Gasteiger partial charge in [-0.1, -0.05) is 26.7 Å². The SMILES string of the molecule is CC(C)CC1(C(=O)NC(C)CCN)CCCC1. The van der Waals surface area contributed by atoms with Crippen molar-refractivity contribution >= 4 is 5.91 Å². The van der Waals surface area contributed by atoms with E-state index in [-0.39, 0.29) is 17.4 Å². The summed E-state index contributed by atoms with van der Waals surface area (Å²) >= 11 is 0. The minimum Gasteiger partial charge on any atom is -0.353 e. The molecule has 1 saturated carbocycles. The smallest absolute Gasteiger partial charge is 0.226 e. The first kappa shape index (κ1) is 14.5. The molecule has 1 unspecified atom stereocenters. The molecule has 0 aromatic heterocycles. The highest BCUT2D eigenvalue weighted by atomic mass is 16.2. The molecule has 3 heteroatoms. The van der Waals surface area contributed by atoms with Crippen LogP contribution in [-0.2, 0) is 4.79 Å². The number of carbonyl (C=O) groups is 1. The molecule has 1 amide bonds. The minimum atomic E-state index is -0.0863. The van der Waals surface area contributed by atoms with Gasteiger partial charge in [0.1, 0.15) is 0 Å². The number of rotatable bonds is 6. The lowest BCUT2D eigenvalue weighted by Gasteiger charge is -2.31. The molecule has 0 spiro atoms. The van der Waals surface area contributed by atoms with E-state index in [1.807, 2.05) is 6.92 Å². The van der Waals surface area contributed by atoms with Gasteiger partial charge in [0, 0.05) is 11.5 Å². The summed E-state index contributed by atoms with van der Waals surface area (Å²) in [7, 11) is 0. The number of hydrogen-bond donors (Lipinski definition) is 2.